The summed E-state index contributed by atoms with van der Waals surface area (Å²) in [5, 5.41) is 0. The first-order valence-corrected chi connectivity index (χ1v) is 5.81. The van der Waals surface area contributed by atoms with E-state index in [0.717, 1.165) is 6.07 Å². The van der Waals surface area contributed by atoms with Crippen molar-refractivity contribution in [2.45, 2.75) is 18.9 Å². The number of methoxy groups -OCH3 is 1. The van der Waals surface area contributed by atoms with Crippen LogP contribution in [0, 0.1) is 17.5 Å². The van der Waals surface area contributed by atoms with Crippen LogP contribution in [0.3, 0.4) is 0 Å². The molecule has 3 nitrogen and oxygen atoms in total. The third-order valence-corrected chi connectivity index (χ3v) is 3.33. The second kappa shape index (κ2) is 4.85. The fourth-order valence-electron chi connectivity index (χ4n) is 2.04. The summed E-state index contributed by atoms with van der Waals surface area (Å²) < 4.78 is 44.3. The summed E-state index contributed by atoms with van der Waals surface area (Å²) in [6.45, 7) is 2.68. The fourth-order valence-corrected chi connectivity index (χ4v) is 2.04. The van der Waals surface area contributed by atoms with Gasteiger partial charge in [0.05, 0.1) is 25.1 Å². The minimum Gasteiger partial charge on any atom is -0.375 e. The molecule has 1 saturated heterocycles. The van der Waals surface area contributed by atoms with Crippen LogP contribution in [-0.2, 0) is 16.0 Å². The van der Waals surface area contributed by atoms with Gasteiger partial charge in [0.25, 0.3) is 0 Å². The molecule has 1 fully saturated rings. The van der Waals surface area contributed by atoms with E-state index in [1.54, 1.807) is 7.11 Å². The molecule has 1 heterocycles. The van der Waals surface area contributed by atoms with Crippen molar-refractivity contribution in [1.29, 1.82) is 0 Å². The average Bonchev–Trinajstić information content (AvgIpc) is 2.31. The van der Waals surface area contributed by atoms with Gasteiger partial charge in [0, 0.05) is 18.7 Å². The van der Waals surface area contributed by atoms with Crippen LogP contribution in [-0.4, -0.2) is 36.6 Å². The van der Waals surface area contributed by atoms with Crippen molar-refractivity contribution in [2.75, 3.05) is 20.2 Å². The maximum atomic E-state index is 13.4. The monoisotopic (exact) mass is 273 g/mol. The Bertz CT molecular complexity index is 513. The SMILES string of the molecule is COC1(C)CN(C(=O)Cc2cc(F)c(F)cc2F)C1. The number of halogens is 3. The zero-order valence-corrected chi connectivity index (χ0v) is 10.7. The predicted molar refractivity (Wildman–Crippen MR) is 62.0 cm³/mol. The molecular weight excluding hydrogens is 259 g/mol. The summed E-state index contributed by atoms with van der Waals surface area (Å²) in [4.78, 5) is 13.3. The molecule has 0 saturated carbocycles. The lowest BCUT2D eigenvalue weighted by Gasteiger charge is -2.46. The lowest BCUT2D eigenvalue weighted by molar-refractivity contribution is -0.157. The highest BCUT2D eigenvalue weighted by Gasteiger charge is 2.41. The summed E-state index contributed by atoms with van der Waals surface area (Å²) in [6, 6.07) is 1.17. The number of hydrogen-bond donors (Lipinski definition) is 0. The fraction of sp³-hybridized carbons (Fsp3) is 0.462. The van der Waals surface area contributed by atoms with E-state index in [1.807, 2.05) is 6.92 Å². The van der Waals surface area contributed by atoms with Crippen molar-refractivity contribution in [3.05, 3.63) is 35.1 Å². The molecule has 1 amide bonds. The molecule has 104 valence electrons. The van der Waals surface area contributed by atoms with E-state index in [2.05, 4.69) is 0 Å². The Morgan fingerprint density at radius 1 is 1.26 bits per heavy atom. The number of carbonyl (C=O) groups is 1. The Morgan fingerprint density at radius 3 is 2.42 bits per heavy atom. The summed E-state index contributed by atoms with van der Waals surface area (Å²) in [5.41, 5.74) is -0.516. The molecule has 0 radical (unpaired) electrons. The Hall–Kier alpha value is -1.56. The van der Waals surface area contributed by atoms with Gasteiger partial charge in [-0.3, -0.25) is 4.79 Å². The van der Waals surface area contributed by atoms with Gasteiger partial charge in [-0.15, -0.1) is 0 Å². The molecule has 0 unspecified atom stereocenters. The molecule has 0 aliphatic carbocycles. The van der Waals surface area contributed by atoms with Gasteiger partial charge in [-0.1, -0.05) is 0 Å². The van der Waals surface area contributed by atoms with E-state index in [0.29, 0.717) is 19.2 Å². The molecule has 0 N–H and O–H groups in total. The van der Waals surface area contributed by atoms with Gasteiger partial charge >= 0.3 is 0 Å². The van der Waals surface area contributed by atoms with E-state index < -0.39 is 17.5 Å². The Balaban J connectivity index is 2.03. The van der Waals surface area contributed by atoms with Gasteiger partial charge in [0.2, 0.25) is 5.91 Å². The maximum absolute atomic E-state index is 13.4. The number of rotatable bonds is 3. The van der Waals surface area contributed by atoms with Crippen LogP contribution in [0.4, 0.5) is 13.2 Å². The molecule has 6 heteroatoms. The molecule has 19 heavy (non-hydrogen) atoms. The van der Waals surface area contributed by atoms with Crippen LogP contribution in [0.15, 0.2) is 12.1 Å². The Morgan fingerprint density at radius 2 is 1.84 bits per heavy atom. The largest absolute Gasteiger partial charge is 0.375 e. The average molecular weight is 273 g/mol. The molecule has 1 aromatic rings. The third kappa shape index (κ3) is 2.73. The second-order valence-electron chi connectivity index (χ2n) is 4.94. The van der Waals surface area contributed by atoms with Crippen LogP contribution in [0.1, 0.15) is 12.5 Å². The molecule has 1 aliphatic rings. The van der Waals surface area contributed by atoms with Gasteiger partial charge in [-0.05, 0) is 13.0 Å². The first-order chi connectivity index (χ1) is 8.84. The first-order valence-electron chi connectivity index (χ1n) is 5.81. The molecule has 0 atom stereocenters. The second-order valence-corrected chi connectivity index (χ2v) is 4.94. The smallest absolute Gasteiger partial charge is 0.227 e. The van der Waals surface area contributed by atoms with Crippen molar-refractivity contribution >= 4 is 5.91 Å². The maximum Gasteiger partial charge on any atom is 0.227 e. The van der Waals surface area contributed by atoms with E-state index in [9.17, 15) is 18.0 Å². The number of carbonyl (C=O) groups excluding carboxylic acids is 1. The topological polar surface area (TPSA) is 29.5 Å². The van der Waals surface area contributed by atoms with Crippen LogP contribution < -0.4 is 0 Å². The number of likely N-dealkylation sites (tertiary alicyclic amines) is 1. The minimum atomic E-state index is -1.26. The lowest BCUT2D eigenvalue weighted by atomic mass is 9.95. The highest BCUT2D eigenvalue weighted by Crippen LogP contribution is 2.25. The summed E-state index contributed by atoms with van der Waals surface area (Å²) in [6.07, 6.45) is -0.289. The van der Waals surface area contributed by atoms with Gasteiger partial charge in [0.15, 0.2) is 11.6 Å². The van der Waals surface area contributed by atoms with Crippen molar-refractivity contribution < 1.29 is 22.7 Å². The number of nitrogens with zero attached hydrogens (tertiary/aromatic N) is 1. The molecule has 1 aliphatic heterocycles. The van der Waals surface area contributed by atoms with Crippen LogP contribution in [0.5, 0.6) is 0 Å². The third-order valence-electron chi connectivity index (χ3n) is 3.33. The van der Waals surface area contributed by atoms with Gasteiger partial charge in [0.1, 0.15) is 5.82 Å². The summed E-state index contributed by atoms with van der Waals surface area (Å²) in [5.74, 6) is -3.67. The molecule has 0 bridgehead atoms. The predicted octanol–water partition coefficient (Wildman–Crippen LogP) is 1.89. The zero-order chi connectivity index (χ0) is 14.2. The molecule has 0 spiro atoms. The number of benzene rings is 1. The standard InChI is InChI=1S/C13H14F3NO2/c1-13(19-2)6-17(7-13)12(18)4-8-3-10(15)11(16)5-9(8)14/h3,5H,4,6-7H2,1-2H3. The van der Waals surface area contributed by atoms with E-state index in [1.165, 1.54) is 4.90 Å². The van der Waals surface area contributed by atoms with Crippen LogP contribution >= 0.6 is 0 Å². The van der Waals surface area contributed by atoms with Crippen LogP contribution in [0.25, 0.3) is 0 Å². The zero-order valence-electron chi connectivity index (χ0n) is 10.7. The number of hydrogen-bond acceptors (Lipinski definition) is 2. The summed E-state index contributed by atoms with van der Waals surface area (Å²) >= 11 is 0. The molecular formula is C13H14F3NO2. The van der Waals surface area contributed by atoms with Crippen molar-refractivity contribution in [3.63, 3.8) is 0 Å². The van der Waals surface area contributed by atoms with Gasteiger partial charge in [-0.25, -0.2) is 13.2 Å². The highest BCUT2D eigenvalue weighted by atomic mass is 19.2. The highest BCUT2D eigenvalue weighted by molar-refractivity contribution is 5.80. The Kier molecular flexibility index (Phi) is 3.54. The lowest BCUT2D eigenvalue weighted by Crippen LogP contribution is -2.63. The molecule has 1 aromatic carbocycles. The van der Waals surface area contributed by atoms with E-state index in [-0.39, 0.29) is 23.5 Å². The quantitative estimate of drug-likeness (QED) is 0.787. The first kappa shape index (κ1) is 13.9. The Labute approximate surface area is 109 Å². The molecule has 2 rings (SSSR count). The van der Waals surface area contributed by atoms with Crippen LogP contribution in [0.2, 0.25) is 0 Å². The number of ether oxygens (including phenoxy) is 1. The summed E-state index contributed by atoms with van der Waals surface area (Å²) in [7, 11) is 1.55. The van der Waals surface area contributed by atoms with Crippen molar-refractivity contribution in [1.82, 2.24) is 4.90 Å². The molecule has 0 aromatic heterocycles. The number of amides is 1. The van der Waals surface area contributed by atoms with Gasteiger partial charge < -0.3 is 9.64 Å². The normalized spacial score (nSPS) is 17.2. The van der Waals surface area contributed by atoms with E-state index in [4.69, 9.17) is 4.74 Å². The van der Waals surface area contributed by atoms with Crippen molar-refractivity contribution in [2.24, 2.45) is 0 Å². The van der Waals surface area contributed by atoms with Crippen molar-refractivity contribution in [3.8, 4) is 0 Å². The van der Waals surface area contributed by atoms with E-state index >= 15 is 0 Å². The minimum absolute atomic E-state index is 0.144. The van der Waals surface area contributed by atoms with Gasteiger partial charge in [-0.2, -0.15) is 0 Å².